The first kappa shape index (κ1) is 17.7. The van der Waals surface area contributed by atoms with Crippen LogP contribution >= 0.6 is 11.3 Å². The normalized spacial score (nSPS) is 13.8. The lowest BCUT2D eigenvalue weighted by molar-refractivity contribution is -0.886. The van der Waals surface area contributed by atoms with Gasteiger partial charge in [0, 0.05) is 17.5 Å². The summed E-state index contributed by atoms with van der Waals surface area (Å²) in [4.78, 5) is 25.9. The second-order valence-electron chi connectivity index (χ2n) is 5.59. The van der Waals surface area contributed by atoms with Crippen molar-refractivity contribution in [3.63, 3.8) is 0 Å². The van der Waals surface area contributed by atoms with E-state index >= 15 is 0 Å². The molecule has 0 aliphatic rings. The molecule has 21 heavy (non-hydrogen) atoms. The van der Waals surface area contributed by atoms with E-state index in [4.69, 9.17) is 0 Å². The Balaban J connectivity index is 2.30. The van der Waals surface area contributed by atoms with Crippen molar-refractivity contribution >= 4 is 23.2 Å². The van der Waals surface area contributed by atoms with Crippen LogP contribution < -0.4 is 15.5 Å². The molecule has 0 saturated carbocycles. The minimum Gasteiger partial charge on any atom is -0.351 e. The summed E-state index contributed by atoms with van der Waals surface area (Å²) in [5.41, 5.74) is 0. The summed E-state index contributed by atoms with van der Waals surface area (Å²) in [6.45, 7) is 6.63. The van der Waals surface area contributed by atoms with E-state index in [0.29, 0.717) is 13.1 Å². The Morgan fingerprint density at radius 3 is 2.62 bits per heavy atom. The van der Waals surface area contributed by atoms with Gasteiger partial charge in [0.15, 0.2) is 12.6 Å². The number of amides is 2. The van der Waals surface area contributed by atoms with E-state index in [1.54, 1.807) is 11.3 Å². The number of hydrogen-bond donors (Lipinski definition) is 3. The molecule has 5 nitrogen and oxygen atoms in total. The molecule has 0 radical (unpaired) electrons. The lowest BCUT2D eigenvalue weighted by Crippen LogP contribution is -3.15. The molecule has 6 heteroatoms. The van der Waals surface area contributed by atoms with Crippen molar-refractivity contribution in [3.8, 4) is 0 Å². The molecule has 0 aliphatic carbocycles. The van der Waals surface area contributed by atoms with E-state index < -0.39 is 0 Å². The predicted molar refractivity (Wildman–Crippen MR) is 85.5 cm³/mol. The average Bonchev–Trinajstić information content (AvgIpc) is 2.89. The van der Waals surface area contributed by atoms with Gasteiger partial charge in [0.25, 0.3) is 11.8 Å². The van der Waals surface area contributed by atoms with Crippen LogP contribution in [0.25, 0.3) is 0 Å². The molecule has 1 aromatic heterocycles. The molecule has 0 fully saturated rings. The fraction of sp³-hybridized carbons (Fsp3) is 0.600. The number of carbonyl (C=O) groups is 2. The fourth-order valence-electron chi connectivity index (χ4n) is 1.92. The van der Waals surface area contributed by atoms with Gasteiger partial charge in [-0.25, -0.2) is 0 Å². The Morgan fingerprint density at radius 2 is 2.05 bits per heavy atom. The first-order valence-electron chi connectivity index (χ1n) is 7.32. The summed E-state index contributed by atoms with van der Waals surface area (Å²) in [5, 5.41) is 7.80. The molecule has 1 aromatic rings. The second-order valence-corrected chi connectivity index (χ2v) is 6.62. The van der Waals surface area contributed by atoms with Crippen LogP contribution in [-0.4, -0.2) is 44.0 Å². The van der Waals surface area contributed by atoms with Crippen molar-refractivity contribution < 1.29 is 14.5 Å². The number of nitrogens with one attached hydrogen (secondary N) is 3. The van der Waals surface area contributed by atoms with Crippen LogP contribution in [0.3, 0.4) is 0 Å². The Morgan fingerprint density at radius 1 is 1.33 bits per heavy atom. The maximum Gasteiger partial charge on any atom is 0.278 e. The van der Waals surface area contributed by atoms with Gasteiger partial charge < -0.3 is 15.5 Å². The second kappa shape index (κ2) is 8.79. The molecule has 0 saturated heterocycles. The molecule has 1 heterocycles. The maximum atomic E-state index is 12.1. The minimum absolute atomic E-state index is 0.0126. The smallest absolute Gasteiger partial charge is 0.278 e. The van der Waals surface area contributed by atoms with Gasteiger partial charge in [-0.1, -0.05) is 6.07 Å². The third-order valence-electron chi connectivity index (χ3n) is 3.27. The zero-order valence-corrected chi connectivity index (χ0v) is 14.0. The summed E-state index contributed by atoms with van der Waals surface area (Å²) in [6, 6.07) is 3.95. The first-order valence-corrected chi connectivity index (χ1v) is 8.20. The van der Waals surface area contributed by atoms with Gasteiger partial charge >= 0.3 is 0 Å². The third-order valence-corrected chi connectivity index (χ3v) is 4.21. The highest BCUT2D eigenvalue weighted by Gasteiger charge is 2.23. The van der Waals surface area contributed by atoms with Crippen LogP contribution in [0.5, 0.6) is 0 Å². The number of carbonyl (C=O) groups excluding carboxylic acids is 2. The van der Waals surface area contributed by atoms with Crippen LogP contribution in [-0.2, 0) is 16.0 Å². The van der Waals surface area contributed by atoms with Crippen molar-refractivity contribution in [1.82, 2.24) is 10.6 Å². The lowest BCUT2D eigenvalue weighted by Gasteiger charge is -2.21. The van der Waals surface area contributed by atoms with E-state index in [-0.39, 0.29) is 23.9 Å². The van der Waals surface area contributed by atoms with Crippen LogP contribution in [0.2, 0.25) is 0 Å². The first-order chi connectivity index (χ1) is 9.90. The summed E-state index contributed by atoms with van der Waals surface area (Å²) < 4.78 is 0. The van der Waals surface area contributed by atoms with E-state index in [1.807, 2.05) is 39.3 Å². The summed E-state index contributed by atoms with van der Waals surface area (Å²) in [7, 11) is 1.86. The van der Waals surface area contributed by atoms with Crippen LogP contribution in [0.15, 0.2) is 17.5 Å². The van der Waals surface area contributed by atoms with Crippen LogP contribution in [0.1, 0.15) is 25.6 Å². The molecule has 118 valence electrons. The molecular weight excluding hydrogens is 286 g/mol. The highest BCUT2D eigenvalue weighted by molar-refractivity contribution is 7.09. The van der Waals surface area contributed by atoms with Gasteiger partial charge in [-0.15, -0.1) is 11.3 Å². The van der Waals surface area contributed by atoms with Gasteiger partial charge in [0.1, 0.15) is 0 Å². The van der Waals surface area contributed by atoms with Crippen molar-refractivity contribution in [2.45, 2.75) is 39.3 Å². The van der Waals surface area contributed by atoms with Crippen LogP contribution in [0.4, 0.5) is 0 Å². The Labute approximate surface area is 130 Å². The van der Waals surface area contributed by atoms with Gasteiger partial charge in [-0.05, 0) is 38.6 Å². The number of hydrogen-bond acceptors (Lipinski definition) is 3. The predicted octanol–water partition coefficient (Wildman–Crippen LogP) is -0.165. The molecule has 0 aliphatic heterocycles. The maximum absolute atomic E-state index is 12.1. The summed E-state index contributed by atoms with van der Waals surface area (Å²) in [5.74, 6) is -0.0397. The molecule has 3 N–H and O–H groups in total. The molecule has 0 spiro atoms. The number of rotatable bonds is 8. The lowest BCUT2D eigenvalue weighted by atomic mass is 10.2. The molecule has 1 unspecified atom stereocenters. The van der Waals surface area contributed by atoms with Crippen molar-refractivity contribution in [2.75, 3.05) is 20.1 Å². The SMILES string of the molecule is CC(C)NC(=O)C[NH+](C)[C@H](C)C(=O)NCCc1cccs1. The molecule has 2 amide bonds. The Hall–Kier alpha value is -1.40. The minimum atomic E-state index is -0.244. The van der Waals surface area contributed by atoms with Crippen LogP contribution in [0, 0.1) is 0 Å². The van der Waals surface area contributed by atoms with E-state index in [2.05, 4.69) is 16.7 Å². The highest BCUT2D eigenvalue weighted by Crippen LogP contribution is 2.07. The van der Waals surface area contributed by atoms with E-state index in [0.717, 1.165) is 11.3 Å². The topological polar surface area (TPSA) is 62.6 Å². The Bertz CT molecular complexity index is 446. The van der Waals surface area contributed by atoms with Crippen molar-refractivity contribution in [3.05, 3.63) is 22.4 Å². The van der Waals surface area contributed by atoms with E-state index in [9.17, 15) is 9.59 Å². The van der Waals surface area contributed by atoms with Gasteiger partial charge in [0.2, 0.25) is 0 Å². The Kier molecular flexibility index (Phi) is 7.39. The zero-order chi connectivity index (χ0) is 15.8. The van der Waals surface area contributed by atoms with Crippen molar-refractivity contribution in [1.29, 1.82) is 0 Å². The quantitative estimate of drug-likeness (QED) is 0.624. The monoisotopic (exact) mass is 312 g/mol. The standard InChI is InChI=1S/C15H25N3O2S/c1-11(2)17-14(19)10-18(4)12(3)15(20)16-8-7-13-6-5-9-21-13/h5-6,9,11-12H,7-8,10H2,1-4H3,(H,16,20)(H,17,19)/p+1/t12-/m1/s1. The highest BCUT2D eigenvalue weighted by atomic mass is 32.1. The molecule has 2 atom stereocenters. The summed E-state index contributed by atoms with van der Waals surface area (Å²) in [6.07, 6.45) is 0.850. The zero-order valence-electron chi connectivity index (χ0n) is 13.2. The van der Waals surface area contributed by atoms with E-state index in [1.165, 1.54) is 4.88 Å². The molecule has 0 aromatic carbocycles. The van der Waals surface area contributed by atoms with Gasteiger partial charge in [-0.2, -0.15) is 0 Å². The largest absolute Gasteiger partial charge is 0.351 e. The number of quaternary nitrogens is 1. The molecule has 1 rings (SSSR count). The van der Waals surface area contributed by atoms with Gasteiger partial charge in [0.05, 0.1) is 7.05 Å². The fourth-order valence-corrected chi connectivity index (χ4v) is 2.63. The third kappa shape index (κ3) is 6.73. The number of likely N-dealkylation sites (N-methyl/N-ethyl adjacent to an activating group) is 1. The molecule has 0 bridgehead atoms. The van der Waals surface area contributed by atoms with Gasteiger partial charge in [-0.3, -0.25) is 9.59 Å². The summed E-state index contributed by atoms with van der Waals surface area (Å²) >= 11 is 1.69. The molecular formula is C15H26N3O2S+. The number of thiophene rings is 1. The average molecular weight is 312 g/mol. The van der Waals surface area contributed by atoms with Crippen molar-refractivity contribution in [2.24, 2.45) is 0 Å².